The molecule has 1 fully saturated rings. The molecule has 0 aromatic heterocycles. The van der Waals surface area contributed by atoms with Gasteiger partial charge in [0, 0.05) is 11.6 Å². The van der Waals surface area contributed by atoms with E-state index in [1.807, 2.05) is 29.2 Å². The minimum absolute atomic E-state index is 0.113. The van der Waals surface area contributed by atoms with Crippen molar-refractivity contribution in [3.63, 3.8) is 0 Å². The van der Waals surface area contributed by atoms with Crippen LogP contribution in [0.2, 0.25) is 0 Å². The molecule has 0 unspecified atom stereocenters. The second-order valence-electron chi connectivity index (χ2n) is 7.14. The van der Waals surface area contributed by atoms with Gasteiger partial charge in [0.2, 0.25) is 5.91 Å². The third kappa shape index (κ3) is 4.26. The van der Waals surface area contributed by atoms with Gasteiger partial charge >= 0.3 is 0 Å². The molecule has 4 rings (SSSR count). The lowest BCUT2D eigenvalue weighted by Gasteiger charge is -2.31. The van der Waals surface area contributed by atoms with Crippen molar-refractivity contribution >= 4 is 22.8 Å². The van der Waals surface area contributed by atoms with Crippen molar-refractivity contribution in [3.8, 4) is 0 Å². The smallest absolute Gasteiger partial charge is 0.246 e. The molecule has 0 atom stereocenters. The lowest BCUT2D eigenvalue weighted by molar-refractivity contribution is -0.917. The molecule has 1 aliphatic heterocycles. The van der Waals surface area contributed by atoms with Crippen molar-refractivity contribution < 1.29 is 9.69 Å². The highest BCUT2D eigenvalue weighted by Gasteiger charge is 2.22. The molecule has 1 N–H and O–H groups in total. The molecule has 0 radical (unpaired) electrons. The van der Waals surface area contributed by atoms with Gasteiger partial charge in [-0.1, -0.05) is 72.8 Å². The van der Waals surface area contributed by atoms with Gasteiger partial charge in [-0.25, -0.2) is 0 Å². The Morgan fingerprint density at radius 2 is 1.59 bits per heavy atom. The van der Waals surface area contributed by atoms with Crippen LogP contribution in [0.5, 0.6) is 0 Å². The monoisotopic (exact) mass is 357 g/mol. The Bertz CT molecular complexity index is 936. The van der Waals surface area contributed by atoms with Crippen LogP contribution in [0.25, 0.3) is 16.8 Å². The average molecular weight is 357 g/mol. The van der Waals surface area contributed by atoms with Gasteiger partial charge in [-0.05, 0) is 22.4 Å². The normalized spacial score (nSPS) is 15.5. The highest BCUT2D eigenvalue weighted by Crippen LogP contribution is 2.19. The Labute approximate surface area is 160 Å². The summed E-state index contributed by atoms with van der Waals surface area (Å²) in [5, 5.41) is 2.38. The Balaban J connectivity index is 1.36. The van der Waals surface area contributed by atoms with E-state index in [9.17, 15) is 4.79 Å². The fraction of sp³-hybridized carbons (Fsp3) is 0.208. The van der Waals surface area contributed by atoms with E-state index in [-0.39, 0.29) is 5.91 Å². The molecule has 0 saturated carbocycles. The topological polar surface area (TPSA) is 24.8 Å². The number of carbonyl (C=O) groups is 1. The molecular formula is C24H25N2O+. The predicted molar refractivity (Wildman–Crippen MR) is 110 cm³/mol. The van der Waals surface area contributed by atoms with E-state index in [0.29, 0.717) is 0 Å². The Morgan fingerprint density at radius 1 is 0.889 bits per heavy atom. The molecule has 1 aliphatic rings. The minimum Gasteiger partial charge on any atom is -0.328 e. The van der Waals surface area contributed by atoms with Crippen LogP contribution < -0.4 is 4.90 Å². The summed E-state index contributed by atoms with van der Waals surface area (Å²) < 4.78 is 0. The molecule has 0 spiro atoms. The average Bonchev–Trinajstić information content (AvgIpc) is 2.73. The van der Waals surface area contributed by atoms with Crippen molar-refractivity contribution in [2.45, 2.75) is 6.54 Å². The first kappa shape index (κ1) is 17.5. The number of fused-ring (bicyclic) bond motifs is 1. The number of nitrogens with zero attached hydrogens (tertiary/aromatic N) is 1. The van der Waals surface area contributed by atoms with E-state index in [2.05, 4.69) is 54.6 Å². The summed E-state index contributed by atoms with van der Waals surface area (Å²) in [5.41, 5.74) is 2.46. The molecule has 0 aliphatic carbocycles. The summed E-state index contributed by atoms with van der Waals surface area (Å²) in [5.74, 6) is 0.113. The third-order valence-corrected chi connectivity index (χ3v) is 5.31. The molecule has 1 heterocycles. The van der Waals surface area contributed by atoms with Gasteiger partial charge in [0.25, 0.3) is 0 Å². The van der Waals surface area contributed by atoms with E-state index in [1.165, 1.54) is 16.3 Å². The zero-order chi connectivity index (χ0) is 18.5. The van der Waals surface area contributed by atoms with Gasteiger partial charge < -0.3 is 9.80 Å². The third-order valence-electron chi connectivity index (χ3n) is 5.31. The quantitative estimate of drug-likeness (QED) is 0.714. The van der Waals surface area contributed by atoms with Gasteiger partial charge in [0.1, 0.15) is 6.54 Å². The number of piperazine rings is 1. The van der Waals surface area contributed by atoms with Crippen LogP contribution in [0.4, 0.5) is 0 Å². The van der Waals surface area contributed by atoms with Gasteiger partial charge in [0.05, 0.1) is 26.2 Å². The van der Waals surface area contributed by atoms with Crippen molar-refractivity contribution in [2.24, 2.45) is 0 Å². The van der Waals surface area contributed by atoms with Gasteiger partial charge in [-0.3, -0.25) is 4.79 Å². The van der Waals surface area contributed by atoms with E-state index < -0.39 is 0 Å². The lowest BCUT2D eigenvalue weighted by Crippen LogP contribution is -3.13. The summed E-state index contributed by atoms with van der Waals surface area (Å²) in [6.45, 7) is 4.68. The molecule has 3 heteroatoms. The summed E-state index contributed by atoms with van der Waals surface area (Å²) in [6.07, 6.45) is 3.68. The first-order chi connectivity index (χ1) is 13.3. The maximum atomic E-state index is 12.6. The SMILES string of the molecule is O=C(/C=C/c1cccc2ccccc12)N1CC[NH+](Cc2ccccc2)CC1. The summed E-state index contributed by atoms with van der Waals surface area (Å²) in [6, 6.07) is 25.1. The van der Waals surface area contributed by atoms with Crippen LogP contribution in [0.15, 0.2) is 78.9 Å². The summed E-state index contributed by atoms with van der Waals surface area (Å²) in [4.78, 5) is 16.1. The van der Waals surface area contributed by atoms with Crippen LogP contribution in [0, 0.1) is 0 Å². The van der Waals surface area contributed by atoms with E-state index in [4.69, 9.17) is 0 Å². The summed E-state index contributed by atoms with van der Waals surface area (Å²) >= 11 is 0. The number of amides is 1. The highest BCUT2D eigenvalue weighted by molar-refractivity contribution is 5.96. The minimum atomic E-state index is 0.113. The van der Waals surface area contributed by atoms with Crippen molar-refractivity contribution in [2.75, 3.05) is 26.2 Å². The number of hydrogen-bond donors (Lipinski definition) is 1. The van der Waals surface area contributed by atoms with Crippen molar-refractivity contribution in [1.82, 2.24) is 4.90 Å². The van der Waals surface area contributed by atoms with E-state index >= 15 is 0 Å². The zero-order valence-electron chi connectivity index (χ0n) is 15.5. The molecular weight excluding hydrogens is 332 g/mol. The standard InChI is InChI=1S/C24H24N2O/c27-24(14-13-22-11-6-10-21-9-4-5-12-23(21)22)26-17-15-25(16-18-26)19-20-7-2-1-3-8-20/h1-14H,15-19H2/p+1/b14-13+. The molecule has 1 saturated heterocycles. The number of hydrogen-bond acceptors (Lipinski definition) is 1. The van der Waals surface area contributed by atoms with Crippen molar-refractivity contribution in [3.05, 3.63) is 90.0 Å². The second-order valence-corrected chi connectivity index (χ2v) is 7.14. The second kappa shape index (κ2) is 8.19. The molecule has 1 amide bonds. The predicted octanol–water partition coefficient (Wildman–Crippen LogP) is 2.78. The molecule has 0 bridgehead atoms. The first-order valence-corrected chi connectivity index (χ1v) is 9.62. The van der Waals surface area contributed by atoms with Gasteiger partial charge in [0.15, 0.2) is 0 Å². The Kier molecular flexibility index (Phi) is 5.31. The van der Waals surface area contributed by atoms with Crippen LogP contribution in [0.1, 0.15) is 11.1 Å². The van der Waals surface area contributed by atoms with Crippen LogP contribution >= 0.6 is 0 Å². The zero-order valence-corrected chi connectivity index (χ0v) is 15.5. The highest BCUT2D eigenvalue weighted by atomic mass is 16.2. The molecule has 27 heavy (non-hydrogen) atoms. The van der Waals surface area contributed by atoms with Crippen LogP contribution in [0.3, 0.4) is 0 Å². The number of quaternary nitrogens is 1. The fourth-order valence-corrected chi connectivity index (χ4v) is 3.77. The van der Waals surface area contributed by atoms with Crippen LogP contribution in [-0.4, -0.2) is 37.0 Å². The van der Waals surface area contributed by atoms with Crippen molar-refractivity contribution in [1.29, 1.82) is 0 Å². The maximum Gasteiger partial charge on any atom is 0.246 e. The van der Waals surface area contributed by atoms with Crippen LogP contribution in [-0.2, 0) is 11.3 Å². The Morgan fingerprint density at radius 3 is 2.41 bits per heavy atom. The van der Waals surface area contributed by atoms with Gasteiger partial charge in [-0.2, -0.15) is 0 Å². The Hall–Kier alpha value is -2.91. The number of benzene rings is 3. The van der Waals surface area contributed by atoms with E-state index in [0.717, 1.165) is 38.3 Å². The molecule has 3 nitrogen and oxygen atoms in total. The largest absolute Gasteiger partial charge is 0.328 e. The lowest BCUT2D eigenvalue weighted by atomic mass is 10.0. The molecule has 3 aromatic rings. The number of rotatable bonds is 4. The van der Waals surface area contributed by atoms with E-state index in [1.54, 1.807) is 11.0 Å². The fourth-order valence-electron chi connectivity index (χ4n) is 3.77. The summed E-state index contributed by atoms with van der Waals surface area (Å²) in [7, 11) is 0. The van der Waals surface area contributed by atoms with Gasteiger partial charge in [-0.15, -0.1) is 0 Å². The number of nitrogens with one attached hydrogen (secondary N) is 1. The number of carbonyl (C=O) groups excluding carboxylic acids is 1. The molecule has 3 aromatic carbocycles. The maximum absolute atomic E-state index is 12.6. The first-order valence-electron chi connectivity index (χ1n) is 9.62. The molecule has 136 valence electrons.